The molecule has 0 saturated carbocycles. The number of halogens is 1. The van der Waals surface area contributed by atoms with Crippen molar-refractivity contribution in [3.8, 4) is 17.2 Å². The van der Waals surface area contributed by atoms with Gasteiger partial charge in [-0.25, -0.2) is 4.39 Å². The highest BCUT2D eigenvalue weighted by Gasteiger charge is 2.21. The number of aromatic nitrogens is 1. The molecule has 3 aromatic rings. The van der Waals surface area contributed by atoms with E-state index in [4.69, 9.17) is 14.2 Å². The zero-order chi connectivity index (χ0) is 19.3. The van der Waals surface area contributed by atoms with Gasteiger partial charge in [0.25, 0.3) is 0 Å². The number of hydrogen-bond acceptors (Lipinski definition) is 4. The van der Waals surface area contributed by atoms with Crippen molar-refractivity contribution >= 4 is 10.9 Å². The number of ether oxygens (including phenoxy) is 3. The monoisotopic (exact) mass is 384 g/mol. The second-order valence-corrected chi connectivity index (χ2v) is 7.03. The minimum Gasteiger partial charge on any atom is -0.497 e. The third-order valence-electron chi connectivity index (χ3n) is 5.02. The van der Waals surface area contributed by atoms with Crippen LogP contribution in [0.25, 0.3) is 10.9 Å². The van der Waals surface area contributed by atoms with E-state index >= 15 is 0 Å². The molecule has 0 radical (unpaired) electrons. The molecule has 1 unspecified atom stereocenters. The molecule has 0 fully saturated rings. The fourth-order valence-corrected chi connectivity index (χ4v) is 3.51. The molecule has 0 spiro atoms. The summed E-state index contributed by atoms with van der Waals surface area (Å²) >= 11 is 0. The predicted molar refractivity (Wildman–Crippen MR) is 107 cm³/mol. The first-order valence-corrected chi connectivity index (χ1v) is 9.66. The van der Waals surface area contributed by atoms with Crippen molar-refractivity contribution in [1.29, 1.82) is 0 Å². The van der Waals surface area contributed by atoms with Crippen LogP contribution in [0.5, 0.6) is 17.2 Å². The quantitative estimate of drug-likeness (QED) is 0.575. The van der Waals surface area contributed by atoms with Crippen LogP contribution in [0.15, 0.2) is 42.6 Å². The molecular weight excluding hydrogens is 359 g/mol. The summed E-state index contributed by atoms with van der Waals surface area (Å²) in [7, 11) is 1.64. The maximum Gasteiger partial charge on any atom is 0.165 e. The molecule has 148 valence electrons. The number of fused-ring (bicyclic) bond motifs is 2. The first-order valence-electron chi connectivity index (χ1n) is 9.66. The molecule has 28 heavy (non-hydrogen) atoms. The Hall–Kier alpha value is -2.73. The minimum absolute atomic E-state index is 0.0174. The molecule has 2 aromatic carbocycles. The normalized spacial score (nSPS) is 15.7. The van der Waals surface area contributed by atoms with Gasteiger partial charge in [-0.1, -0.05) is 0 Å². The molecule has 0 saturated heterocycles. The topological polar surface area (TPSA) is 55.5 Å². The number of methoxy groups -OCH3 is 1. The first-order chi connectivity index (χ1) is 13.7. The van der Waals surface area contributed by atoms with Crippen LogP contribution < -0.4 is 19.5 Å². The second-order valence-electron chi connectivity index (χ2n) is 7.03. The number of aromatic amines is 1. The van der Waals surface area contributed by atoms with Crippen molar-refractivity contribution < 1.29 is 18.6 Å². The molecular formula is C22H25FN2O3. The van der Waals surface area contributed by atoms with Gasteiger partial charge in [0.05, 0.1) is 7.11 Å². The Kier molecular flexibility index (Phi) is 5.67. The van der Waals surface area contributed by atoms with E-state index in [0.29, 0.717) is 6.61 Å². The summed E-state index contributed by atoms with van der Waals surface area (Å²) in [6.45, 7) is 2.17. The lowest BCUT2D eigenvalue weighted by Gasteiger charge is -2.27. The summed E-state index contributed by atoms with van der Waals surface area (Å²) in [4.78, 5) is 3.21. The summed E-state index contributed by atoms with van der Waals surface area (Å²) in [5.74, 6) is 2.05. The van der Waals surface area contributed by atoms with E-state index in [0.717, 1.165) is 60.5 Å². The molecule has 1 aromatic heterocycles. The van der Waals surface area contributed by atoms with Gasteiger partial charge in [-0.2, -0.15) is 0 Å². The molecule has 2 N–H and O–H groups in total. The van der Waals surface area contributed by atoms with Crippen molar-refractivity contribution in [2.24, 2.45) is 0 Å². The van der Waals surface area contributed by atoms with Gasteiger partial charge in [0.2, 0.25) is 0 Å². The number of benzene rings is 2. The SMILES string of the molecule is COc1ccc2c(c1)OC(CNCCCCc1c[nH]c3ccc(F)cc13)CO2. The summed E-state index contributed by atoms with van der Waals surface area (Å²) in [5, 5.41) is 4.42. The Labute approximate surface area is 163 Å². The van der Waals surface area contributed by atoms with Crippen molar-refractivity contribution in [1.82, 2.24) is 10.3 Å². The van der Waals surface area contributed by atoms with E-state index in [2.05, 4.69) is 10.3 Å². The maximum absolute atomic E-state index is 13.4. The van der Waals surface area contributed by atoms with Gasteiger partial charge in [-0.15, -0.1) is 0 Å². The smallest absolute Gasteiger partial charge is 0.165 e. The summed E-state index contributed by atoms with van der Waals surface area (Å²) in [5.41, 5.74) is 2.16. The van der Waals surface area contributed by atoms with Crippen LogP contribution in [-0.4, -0.2) is 37.9 Å². The predicted octanol–water partition coefficient (Wildman–Crippen LogP) is 4.07. The zero-order valence-electron chi connectivity index (χ0n) is 16.0. The van der Waals surface area contributed by atoms with Gasteiger partial charge < -0.3 is 24.5 Å². The number of H-pyrrole nitrogens is 1. The van der Waals surface area contributed by atoms with Gasteiger partial charge in [0.1, 0.15) is 24.3 Å². The van der Waals surface area contributed by atoms with Crippen LogP contribution in [-0.2, 0) is 6.42 Å². The van der Waals surface area contributed by atoms with E-state index in [-0.39, 0.29) is 11.9 Å². The third-order valence-corrected chi connectivity index (χ3v) is 5.02. The van der Waals surface area contributed by atoms with Crippen molar-refractivity contribution in [2.45, 2.75) is 25.4 Å². The number of aryl methyl sites for hydroxylation is 1. The van der Waals surface area contributed by atoms with Gasteiger partial charge in [-0.3, -0.25) is 0 Å². The third kappa shape index (κ3) is 4.22. The molecule has 0 bridgehead atoms. The van der Waals surface area contributed by atoms with Gasteiger partial charge >= 0.3 is 0 Å². The molecule has 6 heteroatoms. The molecule has 2 heterocycles. The fourth-order valence-electron chi connectivity index (χ4n) is 3.51. The molecule has 5 nitrogen and oxygen atoms in total. The molecule has 0 amide bonds. The Morgan fingerprint density at radius 2 is 2.11 bits per heavy atom. The lowest BCUT2D eigenvalue weighted by molar-refractivity contribution is 0.0901. The number of unbranched alkanes of at least 4 members (excludes halogenated alkanes) is 1. The minimum atomic E-state index is -0.191. The Morgan fingerprint density at radius 3 is 3.00 bits per heavy atom. The van der Waals surface area contributed by atoms with Gasteiger partial charge in [0, 0.05) is 29.7 Å². The second kappa shape index (κ2) is 8.52. The lowest BCUT2D eigenvalue weighted by atomic mass is 10.1. The molecule has 1 aliphatic rings. The van der Waals surface area contributed by atoms with E-state index in [1.165, 1.54) is 11.6 Å². The summed E-state index contributed by atoms with van der Waals surface area (Å²) in [6, 6.07) is 10.5. The van der Waals surface area contributed by atoms with Crippen molar-refractivity contribution in [3.05, 3.63) is 54.0 Å². The van der Waals surface area contributed by atoms with E-state index in [1.807, 2.05) is 24.4 Å². The van der Waals surface area contributed by atoms with Gasteiger partial charge in [-0.05, 0) is 61.7 Å². The van der Waals surface area contributed by atoms with Crippen LogP contribution in [0.3, 0.4) is 0 Å². The lowest BCUT2D eigenvalue weighted by Crippen LogP contribution is -2.38. The standard InChI is InChI=1S/C22H25FN2O3/c1-26-17-6-8-21-22(11-17)28-18(14-27-21)13-24-9-3-2-4-15-12-25-20-7-5-16(23)10-19(15)20/h5-8,10-12,18,24-25H,2-4,9,13-14H2,1H3. The summed E-state index contributed by atoms with van der Waals surface area (Å²) in [6.07, 6.45) is 4.98. The van der Waals surface area contributed by atoms with Crippen LogP contribution in [0.2, 0.25) is 0 Å². The van der Waals surface area contributed by atoms with Gasteiger partial charge in [0.15, 0.2) is 11.5 Å². The number of rotatable bonds is 8. The summed E-state index contributed by atoms with van der Waals surface area (Å²) < 4.78 is 30.4. The molecule has 4 rings (SSSR count). The van der Waals surface area contributed by atoms with Crippen LogP contribution in [0.1, 0.15) is 18.4 Å². The molecule has 1 aliphatic heterocycles. The number of hydrogen-bond donors (Lipinski definition) is 2. The Morgan fingerprint density at radius 1 is 1.18 bits per heavy atom. The maximum atomic E-state index is 13.4. The van der Waals surface area contributed by atoms with E-state index < -0.39 is 0 Å². The van der Waals surface area contributed by atoms with Crippen LogP contribution in [0, 0.1) is 5.82 Å². The molecule has 1 atom stereocenters. The number of nitrogens with one attached hydrogen (secondary N) is 2. The first kappa shape index (κ1) is 18.6. The van der Waals surface area contributed by atoms with Crippen LogP contribution in [0.4, 0.5) is 4.39 Å². The highest BCUT2D eigenvalue weighted by Crippen LogP contribution is 2.34. The largest absolute Gasteiger partial charge is 0.497 e. The average Bonchev–Trinajstić information content (AvgIpc) is 3.12. The highest BCUT2D eigenvalue weighted by molar-refractivity contribution is 5.83. The van der Waals surface area contributed by atoms with E-state index in [1.54, 1.807) is 19.2 Å². The molecule has 0 aliphatic carbocycles. The van der Waals surface area contributed by atoms with Crippen LogP contribution >= 0.6 is 0 Å². The van der Waals surface area contributed by atoms with Crippen molar-refractivity contribution in [2.75, 3.05) is 26.8 Å². The van der Waals surface area contributed by atoms with E-state index in [9.17, 15) is 4.39 Å². The Bertz CT molecular complexity index is 941. The fraction of sp³-hybridized carbons (Fsp3) is 0.364. The Balaban J connectivity index is 1.18. The average molecular weight is 384 g/mol. The van der Waals surface area contributed by atoms with Crippen molar-refractivity contribution in [3.63, 3.8) is 0 Å². The zero-order valence-corrected chi connectivity index (χ0v) is 16.0. The highest BCUT2D eigenvalue weighted by atomic mass is 19.1.